The van der Waals surface area contributed by atoms with E-state index >= 15 is 0 Å². The molecule has 0 saturated heterocycles. The van der Waals surface area contributed by atoms with E-state index in [9.17, 15) is 18.6 Å². The minimum absolute atomic E-state index is 0.0817. The van der Waals surface area contributed by atoms with Crippen molar-refractivity contribution < 1.29 is 37.3 Å². The van der Waals surface area contributed by atoms with Crippen LogP contribution in [0, 0.1) is 13.8 Å². The Morgan fingerprint density at radius 2 is 1.71 bits per heavy atom. The summed E-state index contributed by atoms with van der Waals surface area (Å²) in [6, 6.07) is 8.51. The van der Waals surface area contributed by atoms with E-state index in [1.165, 1.54) is 38.1 Å². The standard InChI is InChI=1S/C26H32N6O8S/c1-15-11-27-24(28-12-15)23(39-14-18(34)13-33)17(3)41(35,36)31-26-30-29-25(21-10-9-16(2)40-21)32(26)22-19(37-4)7-6-8-20(22)38-5/h6-12,17-18,23,33-34H,13-14H2,1-5H3,(H,30,31)/t17-,18?,23+/m1/s1. The van der Waals surface area contributed by atoms with Gasteiger partial charge in [-0.2, -0.15) is 0 Å². The minimum atomic E-state index is -4.29. The first-order valence-corrected chi connectivity index (χ1v) is 14.1. The Labute approximate surface area is 237 Å². The maximum Gasteiger partial charge on any atom is 0.243 e. The predicted octanol–water partition coefficient (Wildman–Crippen LogP) is 2.19. The highest BCUT2D eigenvalue weighted by atomic mass is 32.2. The van der Waals surface area contributed by atoms with Crippen molar-refractivity contribution in [1.82, 2.24) is 24.7 Å². The number of para-hydroxylation sites is 1. The fourth-order valence-electron chi connectivity index (χ4n) is 3.95. The molecule has 4 rings (SSSR count). The Kier molecular flexibility index (Phi) is 9.22. The maximum atomic E-state index is 13.8. The summed E-state index contributed by atoms with van der Waals surface area (Å²) in [5.41, 5.74) is 1.09. The van der Waals surface area contributed by atoms with E-state index in [-0.39, 0.29) is 24.2 Å². The number of hydrogen-bond acceptors (Lipinski definition) is 12. The van der Waals surface area contributed by atoms with Crippen molar-refractivity contribution in [2.45, 2.75) is 38.2 Å². The average molecular weight is 589 g/mol. The molecule has 41 heavy (non-hydrogen) atoms. The number of benzene rings is 1. The van der Waals surface area contributed by atoms with Crippen LogP contribution in [0.15, 0.2) is 47.1 Å². The Balaban J connectivity index is 1.80. The number of methoxy groups -OCH3 is 2. The third-order valence-corrected chi connectivity index (χ3v) is 7.83. The number of aliphatic hydroxyl groups is 2. The normalized spacial score (nSPS) is 13.9. The SMILES string of the molecule is COc1cccc(OC)c1-n1c(NS(=O)(=O)[C@H](C)[C@H](OCC(O)CO)c2ncc(C)cn2)nnc1-c1ccc(C)o1. The molecule has 0 saturated carbocycles. The lowest BCUT2D eigenvalue weighted by Crippen LogP contribution is -2.35. The molecule has 220 valence electrons. The summed E-state index contributed by atoms with van der Waals surface area (Å²) in [7, 11) is -1.36. The van der Waals surface area contributed by atoms with Gasteiger partial charge in [-0.3, -0.25) is 9.29 Å². The number of sulfonamides is 1. The lowest BCUT2D eigenvalue weighted by molar-refractivity contribution is -0.0324. The largest absolute Gasteiger partial charge is 0.494 e. The number of aryl methyl sites for hydroxylation is 2. The van der Waals surface area contributed by atoms with Gasteiger partial charge in [-0.05, 0) is 50.6 Å². The van der Waals surface area contributed by atoms with Crippen molar-refractivity contribution in [3.8, 4) is 28.8 Å². The van der Waals surface area contributed by atoms with Crippen LogP contribution in [0.3, 0.4) is 0 Å². The number of furan rings is 1. The molecule has 0 aliphatic heterocycles. The monoisotopic (exact) mass is 588 g/mol. The van der Waals surface area contributed by atoms with E-state index < -0.39 is 34.1 Å². The zero-order valence-electron chi connectivity index (χ0n) is 23.2. The van der Waals surface area contributed by atoms with Gasteiger partial charge in [0, 0.05) is 12.4 Å². The molecule has 0 radical (unpaired) electrons. The number of rotatable bonds is 13. The second-order valence-corrected chi connectivity index (χ2v) is 11.2. The fraction of sp³-hybridized carbons (Fsp3) is 0.385. The lowest BCUT2D eigenvalue weighted by Gasteiger charge is -2.25. The van der Waals surface area contributed by atoms with E-state index in [0.717, 1.165) is 5.56 Å². The molecular weight excluding hydrogens is 556 g/mol. The number of ether oxygens (including phenoxy) is 3. The van der Waals surface area contributed by atoms with Crippen molar-refractivity contribution in [3.63, 3.8) is 0 Å². The third kappa shape index (κ3) is 6.48. The van der Waals surface area contributed by atoms with Crippen LogP contribution >= 0.6 is 0 Å². The van der Waals surface area contributed by atoms with E-state index in [1.807, 2.05) is 0 Å². The molecule has 3 heterocycles. The fourth-order valence-corrected chi connectivity index (χ4v) is 5.05. The van der Waals surface area contributed by atoms with Crippen LogP contribution in [0.25, 0.3) is 17.3 Å². The summed E-state index contributed by atoms with van der Waals surface area (Å²) < 4.78 is 54.2. The summed E-state index contributed by atoms with van der Waals surface area (Å²) in [6.07, 6.45) is 0.608. The van der Waals surface area contributed by atoms with Crippen molar-refractivity contribution in [2.75, 3.05) is 32.2 Å². The number of anilines is 1. The molecule has 1 unspecified atom stereocenters. The smallest absolute Gasteiger partial charge is 0.243 e. The molecule has 0 amide bonds. The van der Waals surface area contributed by atoms with Gasteiger partial charge in [0.2, 0.25) is 21.8 Å². The van der Waals surface area contributed by atoms with Crippen molar-refractivity contribution >= 4 is 16.0 Å². The Hall–Kier alpha value is -4.05. The molecule has 3 atom stereocenters. The van der Waals surface area contributed by atoms with Gasteiger partial charge in [-0.1, -0.05) is 6.07 Å². The molecule has 0 spiro atoms. The van der Waals surface area contributed by atoms with Crippen molar-refractivity contribution in [2.24, 2.45) is 0 Å². The number of nitrogens with one attached hydrogen (secondary N) is 1. The first-order chi connectivity index (χ1) is 19.6. The number of aliphatic hydroxyl groups excluding tert-OH is 2. The second kappa shape index (κ2) is 12.6. The number of nitrogens with zero attached hydrogens (tertiary/aromatic N) is 5. The van der Waals surface area contributed by atoms with Gasteiger partial charge in [-0.25, -0.2) is 18.4 Å². The molecule has 15 heteroatoms. The van der Waals surface area contributed by atoms with Gasteiger partial charge in [0.15, 0.2) is 11.6 Å². The highest BCUT2D eigenvalue weighted by molar-refractivity contribution is 7.93. The molecular formula is C26H32N6O8S. The summed E-state index contributed by atoms with van der Waals surface area (Å²) in [6.45, 7) is 4.03. The Morgan fingerprint density at radius 1 is 1.05 bits per heavy atom. The van der Waals surface area contributed by atoms with E-state index in [1.54, 1.807) is 44.2 Å². The summed E-state index contributed by atoms with van der Waals surface area (Å²) >= 11 is 0. The quantitative estimate of drug-likeness (QED) is 0.207. The maximum absolute atomic E-state index is 13.8. The molecule has 4 aromatic rings. The van der Waals surface area contributed by atoms with Crippen LogP contribution in [-0.4, -0.2) is 82.2 Å². The van der Waals surface area contributed by atoms with Crippen LogP contribution in [0.2, 0.25) is 0 Å². The van der Waals surface area contributed by atoms with Crippen LogP contribution in [0.4, 0.5) is 5.95 Å². The van der Waals surface area contributed by atoms with Crippen LogP contribution in [0.1, 0.15) is 30.2 Å². The zero-order valence-corrected chi connectivity index (χ0v) is 24.0. The highest BCUT2D eigenvalue weighted by Gasteiger charge is 2.36. The Bertz CT molecular complexity index is 1550. The van der Waals surface area contributed by atoms with Gasteiger partial charge >= 0.3 is 0 Å². The third-order valence-electron chi connectivity index (χ3n) is 6.13. The van der Waals surface area contributed by atoms with Crippen molar-refractivity contribution in [1.29, 1.82) is 0 Å². The topological polar surface area (TPSA) is 184 Å². The van der Waals surface area contributed by atoms with E-state index in [2.05, 4.69) is 24.9 Å². The Morgan fingerprint density at radius 3 is 2.27 bits per heavy atom. The van der Waals surface area contributed by atoms with Gasteiger partial charge < -0.3 is 28.8 Å². The number of hydrogen-bond donors (Lipinski definition) is 3. The average Bonchev–Trinajstić information content (AvgIpc) is 3.58. The van der Waals surface area contributed by atoms with E-state index in [0.29, 0.717) is 28.7 Å². The van der Waals surface area contributed by atoms with Crippen LogP contribution in [0.5, 0.6) is 11.5 Å². The second-order valence-electron chi connectivity index (χ2n) is 9.17. The molecule has 0 aliphatic carbocycles. The summed E-state index contributed by atoms with van der Waals surface area (Å²) in [4.78, 5) is 8.46. The summed E-state index contributed by atoms with van der Waals surface area (Å²) in [5.74, 6) is 1.74. The van der Waals surface area contributed by atoms with Crippen LogP contribution in [-0.2, 0) is 14.8 Å². The van der Waals surface area contributed by atoms with Crippen molar-refractivity contribution in [3.05, 3.63) is 59.9 Å². The van der Waals surface area contributed by atoms with Gasteiger partial charge in [-0.15, -0.1) is 10.2 Å². The molecule has 3 aromatic heterocycles. The molecule has 0 bridgehead atoms. The minimum Gasteiger partial charge on any atom is -0.494 e. The number of aromatic nitrogens is 5. The molecule has 0 aliphatic rings. The van der Waals surface area contributed by atoms with Gasteiger partial charge in [0.05, 0.1) is 27.4 Å². The van der Waals surface area contributed by atoms with E-state index in [4.69, 9.17) is 18.6 Å². The molecule has 1 aromatic carbocycles. The van der Waals surface area contributed by atoms with Crippen LogP contribution < -0.4 is 14.2 Å². The first kappa shape index (κ1) is 29.9. The molecule has 14 nitrogen and oxygen atoms in total. The molecule has 3 N–H and O–H groups in total. The van der Waals surface area contributed by atoms with Gasteiger partial charge in [0.1, 0.15) is 40.4 Å². The molecule has 0 fully saturated rings. The zero-order chi connectivity index (χ0) is 29.7. The predicted molar refractivity (Wildman–Crippen MR) is 147 cm³/mol. The first-order valence-electron chi connectivity index (χ1n) is 12.5. The summed E-state index contributed by atoms with van der Waals surface area (Å²) in [5, 5.41) is 26.1. The highest BCUT2D eigenvalue weighted by Crippen LogP contribution is 2.38. The lowest BCUT2D eigenvalue weighted by atomic mass is 10.2. The van der Waals surface area contributed by atoms with Gasteiger partial charge in [0.25, 0.3) is 0 Å².